The molecule has 1 aliphatic rings. The van der Waals surface area contributed by atoms with Gasteiger partial charge in [0.15, 0.2) is 11.6 Å². The fourth-order valence-electron chi connectivity index (χ4n) is 4.45. The summed E-state index contributed by atoms with van der Waals surface area (Å²) in [7, 11) is 2.94. The SMILES string of the molecule is CN(C(=O)OC(C)(C)C)c1nc(-c2cnn(C)c2-c2c(F)c(Cl)cc(OC3CC3)c2C#N)cc2c(CO)n[nH]c(=O)c12. The summed E-state index contributed by atoms with van der Waals surface area (Å²) in [5, 5.41) is 30.6. The first-order valence-corrected chi connectivity index (χ1v) is 13.3. The number of amides is 1. The molecule has 42 heavy (non-hydrogen) atoms. The van der Waals surface area contributed by atoms with Gasteiger partial charge in [-0.05, 0) is 39.7 Å². The number of carbonyl (C=O) groups excluding carboxylic acids is 1. The Hall–Kier alpha value is -4.54. The quantitative estimate of drug-likeness (QED) is 0.328. The van der Waals surface area contributed by atoms with Gasteiger partial charge in [-0.3, -0.25) is 14.4 Å². The van der Waals surface area contributed by atoms with Crippen molar-refractivity contribution in [2.45, 2.75) is 51.9 Å². The number of aromatic nitrogens is 5. The van der Waals surface area contributed by atoms with Crippen LogP contribution in [0.1, 0.15) is 44.9 Å². The van der Waals surface area contributed by atoms with Gasteiger partial charge in [-0.2, -0.15) is 15.5 Å². The number of aliphatic hydroxyl groups excluding tert-OH is 1. The minimum absolute atomic E-state index is 0.0247. The highest BCUT2D eigenvalue weighted by molar-refractivity contribution is 6.31. The lowest BCUT2D eigenvalue weighted by Gasteiger charge is -2.25. The number of aromatic amines is 1. The van der Waals surface area contributed by atoms with E-state index in [0.29, 0.717) is 0 Å². The van der Waals surface area contributed by atoms with Crippen LogP contribution < -0.4 is 15.2 Å². The zero-order valence-electron chi connectivity index (χ0n) is 23.5. The molecule has 1 aromatic carbocycles. The van der Waals surface area contributed by atoms with E-state index in [0.717, 1.165) is 17.7 Å². The number of aliphatic hydroxyl groups is 1. The van der Waals surface area contributed by atoms with Crippen LogP contribution in [0.25, 0.3) is 33.3 Å². The van der Waals surface area contributed by atoms with E-state index in [2.05, 4.69) is 20.3 Å². The lowest BCUT2D eigenvalue weighted by Crippen LogP contribution is -2.35. The number of pyridine rings is 1. The molecule has 3 heterocycles. The molecule has 3 aromatic heterocycles. The predicted molar refractivity (Wildman–Crippen MR) is 152 cm³/mol. The fraction of sp³-hybridized carbons (Fsp3) is 0.357. The lowest BCUT2D eigenvalue weighted by molar-refractivity contribution is 0.0588. The van der Waals surface area contributed by atoms with Gasteiger partial charge in [0, 0.05) is 31.1 Å². The fourth-order valence-corrected chi connectivity index (χ4v) is 4.65. The second-order valence-corrected chi connectivity index (χ2v) is 11.2. The summed E-state index contributed by atoms with van der Waals surface area (Å²) < 4.78 is 28.5. The van der Waals surface area contributed by atoms with E-state index < -0.39 is 29.7 Å². The summed E-state index contributed by atoms with van der Waals surface area (Å²) >= 11 is 6.27. The molecule has 0 unspecified atom stereocenters. The highest BCUT2D eigenvalue weighted by Gasteiger charge is 2.31. The van der Waals surface area contributed by atoms with E-state index in [9.17, 15) is 20.0 Å². The molecule has 5 rings (SSSR count). The van der Waals surface area contributed by atoms with Crippen LogP contribution in [0.2, 0.25) is 5.02 Å². The molecule has 0 saturated heterocycles. The van der Waals surface area contributed by atoms with Crippen molar-refractivity contribution in [1.82, 2.24) is 25.0 Å². The van der Waals surface area contributed by atoms with Crippen molar-refractivity contribution >= 4 is 34.3 Å². The maximum atomic E-state index is 15.8. The van der Waals surface area contributed by atoms with Crippen LogP contribution in [0.3, 0.4) is 0 Å². The van der Waals surface area contributed by atoms with Crippen molar-refractivity contribution < 1.29 is 23.8 Å². The first-order chi connectivity index (χ1) is 19.8. The molecule has 218 valence electrons. The number of carbonyl (C=O) groups is 1. The number of hydrogen-bond donors (Lipinski definition) is 2. The number of nitriles is 1. The minimum atomic E-state index is -0.859. The van der Waals surface area contributed by atoms with Crippen LogP contribution in [-0.2, 0) is 18.4 Å². The number of anilines is 1. The molecule has 1 fully saturated rings. The third-order valence-corrected chi connectivity index (χ3v) is 6.81. The van der Waals surface area contributed by atoms with Crippen LogP contribution in [0.15, 0.2) is 23.1 Å². The molecule has 1 saturated carbocycles. The van der Waals surface area contributed by atoms with Gasteiger partial charge >= 0.3 is 6.09 Å². The maximum absolute atomic E-state index is 15.8. The van der Waals surface area contributed by atoms with Crippen molar-refractivity contribution in [1.29, 1.82) is 5.26 Å². The van der Waals surface area contributed by atoms with Crippen LogP contribution >= 0.6 is 11.6 Å². The van der Waals surface area contributed by atoms with Gasteiger partial charge in [0.25, 0.3) is 5.56 Å². The molecule has 0 bridgehead atoms. The van der Waals surface area contributed by atoms with E-state index in [-0.39, 0.29) is 67.2 Å². The first kappa shape index (κ1) is 29.0. The molecule has 14 heteroatoms. The van der Waals surface area contributed by atoms with Crippen molar-refractivity contribution in [3.63, 3.8) is 0 Å². The van der Waals surface area contributed by atoms with E-state index in [1.54, 1.807) is 27.8 Å². The zero-order chi connectivity index (χ0) is 30.5. The van der Waals surface area contributed by atoms with Crippen molar-refractivity contribution in [2.75, 3.05) is 11.9 Å². The summed E-state index contributed by atoms with van der Waals surface area (Å²) in [6.07, 6.45) is 2.13. The van der Waals surface area contributed by atoms with E-state index in [4.69, 9.17) is 21.1 Å². The smallest absolute Gasteiger partial charge is 0.415 e. The number of hydrogen-bond acceptors (Lipinski definition) is 9. The zero-order valence-corrected chi connectivity index (χ0v) is 24.2. The molecule has 0 radical (unpaired) electrons. The monoisotopic (exact) mass is 595 g/mol. The van der Waals surface area contributed by atoms with Gasteiger partial charge in [0.1, 0.15) is 23.0 Å². The number of H-pyrrole nitrogens is 1. The Bertz CT molecular complexity index is 1840. The van der Waals surface area contributed by atoms with Gasteiger partial charge in [0.05, 0.1) is 52.0 Å². The Kier molecular flexibility index (Phi) is 7.38. The second-order valence-electron chi connectivity index (χ2n) is 10.8. The normalized spacial score (nSPS) is 13.2. The number of fused-ring (bicyclic) bond motifs is 1. The molecule has 12 nitrogen and oxygen atoms in total. The number of nitrogens with one attached hydrogen (secondary N) is 1. The third kappa shape index (κ3) is 5.26. The maximum Gasteiger partial charge on any atom is 0.415 e. The van der Waals surface area contributed by atoms with E-state index in [1.807, 2.05) is 6.07 Å². The lowest BCUT2D eigenvalue weighted by atomic mass is 9.98. The van der Waals surface area contributed by atoms with Gasteiger partial charge in [-0.15, -0.1) is 0 Å². The molecule has 2 N–H and O–H groups in total. The Morgan fingerprint density at radius 2 is 2.07 bits per heavy atom. The van der Waals surface area contributed by atoms with Crippen LogP contribution in [0, 0.1) is 17.1 Å². The molecule has 4 aromatic rings. The number of aryl methyl sites for hydroxylation is 1. The predicted octanol–water partition coefficient (Wildman–Crippen LogP) is 4.45. The summed E-state index contributed by atoms with van der Waals surface area (Å²) in [5.41, 5.74) is -1.09. The van der Waals surface area contributed by atoms with Crippen LogP contribution in [0.5, 0.6) is 5.75 Å². The number of ether oxygens (including phenoxy) is 2. The Morgan fingerprint density at radius 1 is 1.36 bits per heavy atom. The van der Waals surface area contributed by atoms with E-state index >= 15 is 4.39 Å². The average molecular weight is 596 g/mol. The summed E-state index contributed by atoms with van der Waals surface area (Å²) in [4.78, 5) is 31.7. The van der Waals surface area contributed by atoms with Gasteiger partial charge in [0.2, 0.25) is 0 Å². The summed E-state index contributed by atoms with van der Waals surface area (Å²) in [5.74, 6) is -0.819. The number of benzene rings is 1. The molecule has 0 atom stereocenters. The molecular weight excluding hydrogens is 569 g/mol. The minimum Gasteiger partial charge on any atom is -0.489 e. The topological polar surface area (TPSA) is 159 Å². The molecule has 0 spiro atoms. The second kappa shape index (κ2) is 10.7. The number of halogens is 2. The first-order valence-electron chi connectivity index (χ1n) is 13.0. The number of rotatable bonds is 6. The van der Waals surface area contributed by atoms with E-state index in [1.165, 1.54) is 30.1 Å². The summed E-state index contributed by atoms with van der Waals surface area (Å²) in [6.45, 7) is 4.53. The molecule has 0 aliphatic heterocycles. The molecule has 1 aliphatic carbocycles. The van der Waals surface area contributed by atoms with Crippen molar-refractivity contribution in [3.05, 3.63) is 50.8 Å². The summed E-state index contributed by atoms with van der Waals surface area (Å²) in [6, 6.07) is 4.80. The van der Waals surface area contributed by atoms with Gasteiger partial charge < -0.3 is 14.6 Å². The number of nitrogens with zero attached hydrogens (tertiary/aromatic N) is 6. The largest absolute Gasteiger partial charge is 0.489 e. The molecule has 1 amide bonds. The Morgan fingerprint density at radius 3 is 2.69 bits per heavy atom. The average Bonchev–Trinajstić information content (AvgIpc) is 3.67. The highest BCUT2D eigenvalue weighted by atomic mass is 35.5. The Labute approximate surface area is 244 Å². The van der Waals surface area contributed by atoms with Gasteiger partial charge in [-0.1, -0.05) is 11.6 Å². The third-order valence-electron chi connectivity index (χ3n) is 6.53. The van der Waals surface area contributed by atoms with Crippen molar-refractivity contribution in [2.24, 2.45) is 7.05 Å². The Balaban J connectivity index is 1.79. The highest BCUT2D eigenvalue weighted by Crippen LogP contribution is 2.43. The van der Waals surface area contributed by atoms with Gasteiger partial charge in [-0.25, -0.2) is 19.3 Å². The van der Waals surface area contributed by atoms with Crippen molar-refractivity contribution in [3.8, 4) is 34.3 Å². The van der Waals surface area contributed by atoms with Crippen LogP contribution in [-0.4, -0.2) is 54.9 Å². The standard InChI is InChI=1S/C28H27ClFN7O5/c1-28(2,3)42-27(40)36(4)25-22-14(19(12-38)34-35-26(22)39)8-18(33-25)16-11-32-37(5)24(16)21-15(10-31)20(41-13-6-7-13)9-17(29)23(21)30/h8-9,11,13,38H,6-7,12H2,1-5H3,(H,35,39). The van der Waals surface area contributed by atoms with Crippen LogP contribution in [0.4, 0.5) is 15.0 Å². The molecular formula is C28H27ClFN7O5.